The van der Waals surface area contributed by atoms with E-state index in [1.165, 1.54) is 84.4 Å². The fraction of sp³-hybridized carbons (Fsp3) is 0.215. The molecular formula is C65H80B2N4O2. The zero-order chi connectivity index (χ0) is 53.1. The Bertz CT molecular complexity index is 2300. The average Bonchev–Trinajstić information content (AvgIpc) is 3.39. The second-order valence-electron chi connectivity index (χ2n) is 20.2. The fourth-order valence-electron chi connectivity index (χ4n) is 9.71. The van der Waals surface area contributed by atoms with Gasteiger partial charge >= 0.3 is 5.96 Å². The van der Waals surface area contributed by atoms with E-state index < -0.39 is 12.3 Å². The number of hydrogen-bond donors (Lipinski definition) is 1. The Morgan fingerprint density at radius 2 is 0.575 bits per heavy atom. The highest BCUT2D eigenvalue weighted by molar-refractivity contribution is 7.20. The first-order valence-corrected chi connectivity index (χ1v) is 25.5. The van der Waals surface area contributed by atoms with Crippen molar-refractivity contribution in [1.29, 1.82) is 0 Å². The third kappa shape index (κ3) is 17.3. The van der Waals surface area contributed by atoms with Crippen molar-refractivity contribution in [3.63, 3.8) is 0 Å². The van der Waals surface area contributed by atoms with Crippen molar-refractivity contribution < 1.29 is 18.6 Å². The van der Waals surface area contributed by atoms with Crippen molar-refractivity contribution in [3.05, 3.63) is 243 Å². The highest BCUT2D eigenvalue weighted by atomic mass is 16.1. The lowest BCUT2D eigenvalue weighted by atomic mass is 9.13. The summed E-state index contributed by atoms with van der Waals surface area (Å²) in [6, 6.07) is 87.1. The van der Waals surface area contributed by atoms with Gasteiger partial charge in [-0.25, -0.2) is 0 Å². The molecule has 0 spiro atoms. The molecule has 378 valence electrons. The molecule has 8 aromatic carbocycles. The zero-order valence-corrected chi connectivity index (χ0v) is 45.5. The highest BCUT2D eigenvalue weighted by Gasteiger charge is 2.32. The maximum absolute atomic E-state index is 9.44. The van der Waals surface area contributed by atoms with E-state index in [9.17, 15) is 9.59 Å². The quantitative estimate of drug-likeness (QED) is 0.0353. The second kappa shape index (κ2) is 29.7. The normalized spacial score (nSPS) is 10.7. The molecule has 8 aromatic rings. The van der Waals surface area contributed by atoms with Gasteiger partial charge in [-0.1, -0.05) is 243 Å². The molecule has 8 heteroatoms. The minimum atomic E-state index is -1.22. The second-order valence-corrected chi connectivity index (χ2v) is 20.2. The molecule has 0 unspecified atom stereocenters. The van der Waals surface area contributed by atoms with E-state index in [1.54, 1.807) is 0 Å². The van der Waals surface area contributed by atoms with Gasteiger partial charge in [-0.05, 0) is 27.7 Å². The number of nitrogens with zero attached hydrogens (tertiary/aromatic N) is 3. The Hall–Kier alpha value is -7.54. The molecule has 0 saturated carbocycles. The summed E-state index contributed by atoms with van der Waals surface area (Å²) in [5.74, 6) is 1.50. The van der Waals surface area contributed by atoms with Crippen LogP contribution in [0, 0.1) is 0 Å². The Balaban J connectivity index is 0.000000227. The van der Waals surface area contributed by atoms with Gasteiger partial charge in [0.15, 0.2) is 0 Å². The standard InChI is InChI=1S/2C24H20B.C11H27N4.2C3H6O/c2*1-5-13-21(14-6-1)25(22-15-7-2-8-16-22,23-17-9-3-10-18-23)24-19-11-4-12-20-24;1-13(2)11(14(3)4)12-9-8-10-15(5,6)7;2*1-3(2)4/h2*1-20H;8-10H2,1-7H3;2*1-2H3/q2*-1;+1;;/p+1. The molecule has 0 bridgehead atoms. The van der Waals surface area contributed by atoms with Crippen LogP contribution in [0.15, 0.2) is 243 Å². The van der Waals surface area contributed by atoms with E-state index in [-0.39, 0.29) is 11.6 Å². The first-order valence-electron chi connectivity index (χ1n) is 25.5. The van der Waals surface area contributed by atoms with Crippen LogP contribution < -0.4 is 49.0 Å². The van der Waals surface area contributed by atoms with Crippen molar-refractivity contribution in [2.45, 2.75) is 34.1 Å². The van der Waals surface area contributed by atoms with Crippen LogP contribution in [0.4, 0.5) is 0 Å². The third-order valence-corrected chi connectivity index (χ3v) is 12.5. The van der Waals surface area contributed by atoms with E-state index in [1.807, 2.05) is 0 Å². The van der Waals surface area contributed by atoms with Crippen LogP contribution in [0.2, 0.25) is 0 Å². The van der Waals surface area contributed by atoms with E-state index in [0.717, 1.165) is 17.0 Å². The number of Topliss-reactive ketones (excluding diaryl/α,β-unsaturated/α-hetero) is 2. The summed E-state index contributed by atoms with van der Waals surface area (Å²) in [7, 11) is 14.9. The predicted molar refractivity (Wildman–Crippen MR) is 319 cm³/mol. The molecule has 0 saturated heterocycles. The topological polar surface area (TPSA) is 52.4 Å². The maximum atomic E-state index is 9.44. The van der Waals surface area contributed by atoms with Crippen LogP contribution >= 0.6 is 0 Å². The van der Waals surface area contributed by atoms with Crippen molar-refractivity contribution in [3.8, 4) is 0 Å². The monoisotopic (exact) mass is 971 g/mol. The summed E-state index contributed by atoms with van der Waals surface area (Å²) < 4.78 is 3.13. The summed E-state index contributed by atoms with van der Waals surface area (Å²) in [5.41, 5.74) is 10.7. The van der Waals surface area contributed by atoms with Crippen molar-refractivity contribution in [2.24, 2.45) is 0 Å². The SMILES string of the molecule is CC(C)=O.CC(C)=O.CN(C)C(NCCC[N+](C)(C)C)=[N+](C)C.c1ccc([B-](c2ccccc2)(c2ccccc2)c2ccccc2)cc1.c1ccc([B-](c2ccccc2)(c2ccccc2)c2ccccc2)cc1. The minimum Gasteiger partial charge on any atom is -0.331 e. The number of guanidine groups is 1. The smallest absolute Gasteiger partial charge is 0.331 e. The third-order valence-electron chi connectivity index (χ3n) is 12.5. The number of nitrogens with one attached hydrogen (secondary N) is 1. The highest BCUT2D eigenvalue weighted by Crippen LogP contribution is 2.11. The lowest BCUT2D eigenvalue weighted by Gasteiger charge is -2.44. The van der Waals surface area contributed by atoms with Crippen LogP contribution in [0.1, 0.15) is 34.1 Å². The minimum absolute atomic E-state index is 0.167. The summed E-state index contributed by atoms with van der Waals surface area (Å²) in [6.45, 7) is 8.34. The summed E-state index contributed by atoms with van der Waals surface area (Å²) >= 11 is 0. The first kappa shape index (κ1) is 58.0. The average molecular weight is 971 g/mol. The fourth-order valence-corrected chi connectivity index (χ4v) is 9.71. The van der Waals surface area contributed by atoms with Crippen LogP contribution in [0.5, 0.6) is 0 Å². The molecule has 6 nitrogen and oxygen atoms in total. The Kier molecular flexibility index (Phi) is 23.6. The molecular weight excluding hydrogens is 890 g/mol. The Morgan fingerprint density at radius 1 is 0.397 bits per heavy atom. The van der Waals surface area contributed by atoms with Gasteiger partial charge in [0.2, 0.25) is 0 Å². The number of rotatable bonds is 12. The summed E-state index contributed by atoms with van der Waals surface area (Å²) in [6.07, 6.45) is -1.24. The van der Waals surface area contributed by atoms with Crippen molar-refractivity contribution in [2.75, 3.05) is 62.4 Å². The van der Waals surface area contributed by atoms with Gasteiger partial charge in [0.25, 0.3) is 0 Å². The summed E-state index contributed by atoms with van der Waals surface area (Å²) in [5, 5.41) is 3.45. The van der Waals surface area contributed by atoms with Crippen LogP contribution in [0.3, 0.4) is 0 Å². The molecule has 0 amide bonds. The van der Waals surface area contributed by atoms with Crippen molar-refractivity contribution in [1.82, 2.24) is 10.2 Å². The first-order chi connectivity index (χ1) is 35.0. The molecule has 0 radical (unpaired) electrons. The van der Waals surface area contributed by atoms with E-state index >= 15 is 0 Å². The molecule has 1 N–H and O–H groups in total. The van der Waals surface area contributed by atoms with Crippen molar-refractivity contribution >= 4 is 73.5 Å². The molecule has 0 aliphatic carbocycles. The van der Waals surface area contributed by atoms with Crippen LogP contribution in [-0.4, -0.2) is 106 Å². The lowest BCUT2D eigenvalue weighted by molar-refractivity contribution is -0.870. The molecule has 0 aliphatic rings. The Labute approximate surface area is 439 Å². The molecule has 0 aliphatic heterocycles. The molecule has 73 heavy (non-hydrogen) atoms. The summed E-state index contributed by atoms with van der Waals surface area (Å²) in [4.78, 5) is 21.0. The number of carbonyl (C=O) groups is 2. The van der Waals surface area contributed by atoms with Crippen LogP contribution in [0.25, 0.3) is 0 Å². The lowest BCUT2D eigenvalue weighted by Crippen LogP contribution is -2.74. The zero-order valence-electron chi connectivity index (χ0n) is 45.5. The van der Waals surface area contributed by atoms with Gasteiger partial charge in [-0.15, -0.1) is 0 Å². The van der Waals surface area contributed by atoms with Gasteiger partial charge in [0.1, 0.15) is 23.9 Å². The number of quaternary nitrogens is 1. The Morgan fingerprint density at radius 3 is 0.712 bits per heavy atom. The van der Waals surface area contributed by atoms with Gasteiger partial charge in [0, 0.05) is 6.42 Å². The largest absolute Gasteiger partial charge is 0.347 e. The number of hydrogen-bond acceptors (Lipinski definition) is 2. The van der Waals surface area contributed by atoms with Gasteiger partial charge < -0.3 is 14.1 Å². The predicted octanol–water partition coefficient (Wildman–Crippen LogP) is 7.18. The van der Waals surface area contributed by atoms with E-state index in [4.69, 9.17) is 0 Å². The van der Waals surface area contributed by atoms with Gasteiger partial charge in [-0.2, -0.15) is 43.7 Å². The van der Waals surface area contributed by atoms with Gasteiger partial charge in [0.05, 0.1) is 62.4 Å². The van der Waals surface area contributed by atoms with E-state index in [2.05, 4.69) is 307 Å². The molecule has 8 rings (SSSR count). The maximum Gasteiger partial charge on any atom is 0.347 e. The molecule has 0 fully saturated rings. The van der Waals surface area contributed by atoms with E-state index in [0.29, 0.717) is 0 Å². The molecule has 0 aromatic heterocycles. The number of ketones is 2. The van der Waals surface area contributed by atoms with Crippen LogP contribution in [-0.2, 0) is 9.59 Å². The number of benzene rings is 8. The molecule has 0 atom stereocenters. The van der Waals surface area contributed by atoms with Gasteiger partial charge in [-0.3, -0.25) is 14.8 Å². The molecule has 0 heterocycles. The number of carbonyl (C=O) groups excluding carboxylic acids is 2.